The van der Waals surface area contributed by atoms with Gasteiger partial charge in [-0.05, 0) is 54.3 Å². The van der Waals surface area contributed by atoms with Gasteiger partial charge in [-0.1, -0.05) is 36.4 Å². The van der Waals surface area contributed by atoms with E-state index in [1.54, 1.807) is 18.5 Å². The number of benzene rings is 1. The highest BCUT2D eigenvalue weighted by molar-refractivity contribution is 5.92. The number of carbonyl (C=O) groups is 1. The van der Waals surface area contributed by atoms with Crippen molar-refractivity contribution in [3.8, 4) is 11.3 Å². The molecule has 1 saturated heterocycles. The summed E-state index contributed by atoms with van der Waals surface area (Å²) in [6, 6.07) is 23.4. The smallest absolute Gasteiger partial charge is 0.274 e. The highest BCUT2D eigenvalue weighted by Crippen LogP contribution is 2.36. The van der Waals surface area contributed by atoms with Gasteiger partial charge in [-0.15, -0.1) is 0 Å². The molecule has 3 aromatic heterocycles. The predicted octanol–water partition coefficient (Wildman–Crippen LogP) is 4.18. The molecule has 0 saturated carbocycles. The van der Waals surface area contributed by atoms with Crippen molar-refractivity contribution in [2.75, 3.05) is 18.4 Å². The summed E-state index contributed by atoms with van der Waals surface area (Å²) in [5.74, 6) is 0.385. The zero-order chi connectivity index (χ0) is 24.5. The highest BCUT2D eigenvalue weighted by Gasteiger charge is 2.37. The summed E-state index contributed by atoms with van der Waals surface area (Å²) in [5.41, 5.74) is 5.21. The van der Waals surface area contributed by atoms with E-state index in [4.69, 9.17) is 0 Å². The fourth-order valence-electron chi connectivity index (χ4n) is 5.42. The molecule has 180 valence electrons. The molecule has 1 fully saturated rings. The molecular weight excluding hydrogens is 450 g/mol. The van der Waals surface area contributed by atoms with Gasteiger partial charge in [0.05, 0.1) is 5.69 Å². The van der Waals surface area contributed by atoms with Crippen molar-refractivity contribution in [3.05, 3.63) is 112 Å². The highest BCUT2D eigenvalue weighted by atomic mass is 16.2. The van der Waals surface area contributed by atoms with Crippen LogP contribution in [0.1, 0.15) is 34.1 Å². The molecule has 5 heterocycles. The lowest BCUT2D eigenvalue weighted by Crippen LogP contribution is -2.49. The molecule has 2 bridgehead atoms. The number of carbonyl (C=O) groups excluding carboxylic acids is 1. The van der Waals surface area contributed by atoms with Gasteiger partial charge in [0.25, 0.3) is 11.5 Å². The Labute approximate surface area is 209 Å². The Hall–Kier alpha value is -4.26. The van der Waals surface area contributed by atoms with Crippen molar-refractivity contribution in [2.45, 2.75) is 25.4 Å². The number of hydrogen-bond acceptors (Lipinski definition) is 5. The van der Waals surface area contributed by atoms with Crippen LogP contribution in [0.5, 0.6) is 0 Å². The molecule has 6 rings (SSSR count). The standard InChI is InChI=1S/C29H27N5O2/c35-28(25-6-2-4-14-31-25)33-17-21-15-23(19-33)27-12-11-26(29(36)34(27)18-21)32-16-20-7-9-22(10-8-20)24-5-1-3-13-30-24/h1-14,21,23,32H,15-19H2/t21-,23+/m0/s1. The van der Waals surface area contributed by atoms with Crippen LogP contribution < -0.4 is 10.9 Å². The number of nitrogens with zero attached hydrogens (tertiary/aromatic N) is 4. The minimum absolute atomic E-state index is 0.0109. The number of hydrogen-bond donors (Lipinski definition) is 1. The Bertz CT molecular complexity index is 1430. The number of nitrogens with one attached hydrogen (secondary N) is 1. The lowest BCUT2D eigenvalue weighted by molar-refractivity contribution is 0.0589. The summed E-state index contributed by atoms with van der Waals surface area (Å²) < 4.78 is 1.91. The first-order chi connectivity index (χ1) is 17.7. The Morgan fingerprint density at radius 2 is 1.69 bits per heavy atom. The predicted molar refractivity (Wildman–Crippen MR) is 139 cm³/mol. The van der Waals surface area contributed by atoms with Crippen LogP contribution in [0, 0.1) is 5.92 Å². The minimum Gasteiger partial charge on any atom is -0.377 e. The van der Waals surface area contributed by atoms with Crippen molar-refractivity contribution in [1.82, 2.24) is 19.4 Å². The van der Waals surface area contributed by atoms with Gasteiger partial charge >= 0.3 is 0 Å². The maximum atomic E-state index is 13.3. The SMILES string of the molecule is O=C(c1ccccn1)N1C[C@@H]2C[C@H](C1)c1ccc(NCc3ccc(-c4ccccn4)cc3)c(=O)n1C2. The molecule has 0 radical (unpaired) electrons. The first-order valence-corrected chi connectivity index (χ1v) is 12.3. The van der Waals surface area contributed by atoms with E-state index in [1.165, 1.54) is 0 Å². The fraction of sp³-hybridized carbons (Fsp3) is 0.241. The summed E-state index contributed by atoms with van der Waals surface area (Å²) in [6.07, 6.45) is 4.44. The Balaban J connectivity index is 1.16. The summed E-state index contributed by atoms with van der Waals surface area (Å²) in [6.45, 7) is 2.46. The van der Waals surface area contributed by atoms with Crippen LogP contribution in [-0.2, 0) is 13.1 Å². The Morgan fingerprint density at radius 3 is 2.44 bits per heavy atom. The normalized spacial score (nSPS) is 18.4. The van der Waals surface area contributed by atoms with Crippen LogP contribution >= 0.6 is 0 Å². The largest absolute Gasteiger partial charge is 0.377 e. The Kier molecular flexibility index (Phi) is 5.81. The number of amides is 1. The number of anilines is 1. The van der Waals surface area contributed by atoms with E-state index in [1.807, 2.05) is 51.9 Å². The van der Waals surface area contributed by atoms with Crippen LogP contribution in [0.4, 0.5) is 5.69 Å². The second-order valence-corrected chi connectivity index (χ2v) is 9.58. The molecule has 0 aliphatic carbocycles. The third kappa shape index (κ3) is 4.28. The minimum atomic E-state index is -0.0338. The average molecular weight is 478 g/mol. The summed E-state index contributed by atoms with van der Waals surface area (Å²) in [5, 5.41) is 3.33. The molecule has 1 amide bonds. The van der Waals surface area contributed by atoms with Crippen LogP contribution in [-0.4, -0.2) is 38.4 Å². The van der Waals surface area contributed by atoms with Gasteiger partial charge in [-0.25, -0.2) is 0 Å². The van der Waals surface area contributed by atoms with Crippen LogP contribution in [0.3, 0.4) is 0 Å². The summed E-state index contributed by atoms with van der Waals surface area (Å²) in [7, 11) is 0. The third-order valence-electron chi connectivity index (χ3n) is 7.17. The van der Waals surface area contributed by atoms with E-state index >= 15 is 0 Å². The van der Waals surface area contributed by atoms with E-state index in [2.05, 4.69) is 39.6 Å². The van der Waals surface area contributed by atoms with Crippen molar-refractivity contribution < 1.29 is 4.79 Å². The van der Waals surface area contributed by atoms with Gasteiger partial charge in [0.15, 0.2) is 0 Å². The second kappa shape index (κ2) is 9.41. The number of fused-ring (bicyclic) bond motifs is 4. The van der Waals surface area contributed by atoms with Crippen molar-refractivity contribution in [2.24, 2.45) is 5.92 Å². The van der Waals surface area contributed by atoms with Crippen LogP contribution in [0.25, 0.3) is 11.3 Å². The topological polar surface area (TPSA) is 80.1 Å². The van der Waals surface area contributed by atoms with E-state index in [-0.39, 0.29) is 23.3 Å². The monoisotopic (exact) mass is 477 g/mol. The number of piperidine rings is 1. The van der Waals surface area contributed by atoms with Gasteiger partial charge in [-0.3, -0.25) is 19.6 Å². The average Bonchev–Trinajstić information content (AvgIpc) is 2.94. The first-order valence-electron chi connectivity index (χ1n) is 12.3. The number of aromatic nitrogens is 3. The van der Waals surface area contributed by atoms with E-state index < -0.39 is 0 Å². The zero-order valence-corrected chi connectivity index (χ0v) is 19.9. The molecule has 7 nitrogen and oxygen atoms in total. The zero-order valence-electron chi connectivity index (χ0n) is 19.9. The molecule has 0 spiro atoms. The fourth-order valence-corrected chi connectivity index (χ4v) is 5.42. The summed E-state index contributed by atoms with van der Waals surface area (Å²) >= 11 is 0. The van der Waals surface area contributed by atoms with E-state index in [9.17, 15) is 9.59 Å². The Morgan fingerprint density at radius 1 is 0.889 bits per heavy atom. The van der Waals surface area contributed by atoms with E-state index in [0.29, 0.717) is 37.6 Å². The van der Waals surface area contributed by atoms with Gasteiger partial charge < -0.3 is 14.8 Å². The van der Waals surface area contributed by atoms with Crippen LogP contribution in [0.2, 0.25) is 0 Å². The van der Waals surface area contributed by atoms with Crippen LogP contribution in [0.15, 0.2) is 90.0 Å². The molecule has 0 unspecified atom stereocenters. The van der Waals surface area contributed by atoms with Crippen molar-refractivity contribution in [1.29, 1.82) is 0 Å². The van der Waals surface area contributed by atoms with Gasteiger partial charge in [-0.2, -0.15) is 0 Å². The molecule has 1 aromatic carbocycles. The van der Waals surface area contributed by atoms with Gasteiger partial charge in [0.1, 0.15) is 11.4 Å². The molecular formula is C29H27N5O2. The molecule has 36 heavy (non-hydrogen) atoms. The summed E-state index contributed by atoms with van der Waals surface area (Å²) in [4.78, 5) is 36.8. The number of pyridine rings is 3. The molecule has 2 aliphatic heterocycles. The number of likely N-dealkylation sites (tertiary alicyclic amines) is 1. The van der Waals surface area contributed by atoms with Gasteiger partial charge in [0.2, 0.25) is 0 Å². The van der Waals surface area contributed by atoms with Gasteiger partial charge in [0, 0.05) is 55.7 Å². The number of rotatable bonds is 5. The molecule has 2 aliphatic rings. The maximum Gasteiger partial charge on any atom is 0.274 e. The molecule has 7 heteroatoms. The second-order valence-electron chi connectivity index (χ2n) is 9.58. The lowest BCUT2D eigenvalue weighted by atomic mass is 9.83. The quantitative estimate of drug-likeness (QED) is 0.467. The molecule has 1 N–H and O–H groups in total. The first kappa shape index (κ1) is 22.2. The maximum absolute atomic E-state index is 13.3. The lowest BCUT2D eigenvalue weighted by Gasteiger charge is -2.42. The molecule has 2 atom stereocenters. The van der Waals surface area contributed by atoms with Crippen molar-refractivity contribution >= 4 is 11.6 Å². The molecule has 4 aromatic rings. The van der Waals surface area contributed by atoms with Crippen molar-refractivity contribution in [3.63, 3.8) is 0 Å². The van der Waals surface area contributed by atoms with E-state index in [0.717, 1.165) is 28.9 Å². The third-order valence-corrected chi connectivity index (χ3v) is 7.17.